The third-order valence-electron chi connectivity index (χ3n) is 0. The molecule has 0 unspecified atom stereocenters. The van der Waals surface area contributed by atoms with Gasteiger partial charge >= 0.3 is 35.9 Å². The molecule has 0 rings (SSSR count). The fourth-order valence-corrected chi connectivity index (χ4v) is 0. The quantitative estimate of drug-likeness (QED) is 0.218. The molecular weight excluding hydrogens is 143 g/mol. The minimum atomic E-state index is 0. The summed E-state index contributed by atoms with van der Waals surface area (Å²) in [4.78, 5) is 0. The smallest absolute Gasteiger partial charge is 0.694 e. The van der Waals surface area contributed by atoms with Crippen LogP contribution in [0.1, 0.15) is 13.8 Å². The maximum Gasteiger partial charge on any atom is 1.00 e. The number of hydrogen-bond donors (Lipinski definition) is 0. The van der Waals surface area contributed by atoms with Crippen molar-refractivity contribution in [2.45, 2.75) is 13.8 Å². The Balaban J connectivity index is -0.0000000160. The van der Waals surface area contributed by atoms with Gasteiger partial charge in [0.2, 0.25) is 0 Å². The first kappa shape index (κ1) is 24.0. The summed E-state index contributed by atoms with van der Waals surface area (Å²) < 4.78 is 0. The van der Waals surface area contributed by atoms with E-state index < -0.39 is 0 Å². The van der Waals surface area contributed by atoms with E-state index in [0.717, 1.165) is 0 Å². The molecule has 8 heavy (non-hydrogen) atoms. The summed E-state index contributed by atoms with van der Waals surface area (Å²) in [6.45, 7) is 3.19. The molecule has 0 aromatic carbocycles. The Kier molecular flexibility index (Phi) is 169. The second kappa shape index (κ2) is 56.3. The van der Waals surface area contributed by atoms with Crippen LogP contribution in [0.15, 0.2) is 0 Å². The predicted octanol–water partition coefficient (Wildman–Crippen LogP) is -1.76. The van der Waals surface area contributed by atoms with Crippen molar-refractivity contribution < 1.29 is 35.9 Å². The van der Waals surface area contributed by atoms with E-state index in [0.29, 0.717) is 0 Å². The Labute approximate surface area is 74.5 Å². The average Bonchev–Trinajstić information content (AvgIpc) is 1.39. The zero-order valence-electron chi connectivity index (χ0n) is 5.38. The van der Waals surface area contributed by atoms with Crippen molar-refractivity contribution in [1.29, 1.82) is 0 Å². The van der Waals surface area contributed by atoms with Gasteiger partial charge in [0.05, 0.1) is 0 Å². The molecule has 0 spiro atoms. The molecule has 0 amide bonds. The van der Waals surface area contributed by atoms with Crippen LogP contribution in [-0.2, 0) is 17.1 Å². The molecule has 0 heterocycles. The molecule has 42 valence electrons. The molecular formula is C6H7CuLi+. The zero-order valence-corrected chi connectivity index (χ0v) is 6.32. The van der Waals surface area contributed by atoms with Gasteiger partial charge in [0, 0.05) is 0 Å². The van der Waals surface area contributed by atoms with Crippen LogP contribution in [0.3, 0.4) is 0 Å². The molecule has 0 aliphatic carbocycles. The fourth-order valence-electron chi connectivity index (χ4n) is 0. The van der Waals surface area contributed by atoms with Crippen LogP contribution >= 0.6 is 0 Å². The van der Waals surface area contributed by atoms with E-state index in [4.69, 9.17) is 6.42 Å². The minimum Gasteiger partial charge on any atom is -0.694 e. The van der Waals surface area contributed by atoms with Gasteiger partial charge < -0.3 is 12.3 Å². The fraction of sp³-hybridized carbons (Fsp3) is 0.333. The van der Waals surface area contributed by atoms with Gasteiger partial charge in [-0.2, -0.15) is 0 Å². The average molecular weight is 150 g/mol. The molecule has 0 aliphatic heterocycles. The van der Waals surface area contributed by atoms with Crippen molar-refractivity contribution in [1.82, 2.24) is 0 Å². The summed E-state index contributed by atoms with van der Waals surface area (Å²) in [5.41, 5.74) is 0. The Bertz CT molecular complexity index is 63.5. The van der Waals surface area contributed by atoms with E-state index in [1.165, 1.54) is 0 Å². The van der Waals surface area contributed by atoms with Gasteiger partial charge in [0.15, 0.2) is 0 Å². The molecule has 0 nitrogen and oxygen atoms in total. The second-order valence-corrected chi connectivity index (χ2v) is 0.539. The number of rotatable bonds is 0. The van der Waals surface area contributed by atoms with E-state index in [9.17, 15) is 0 Å². The van der Waals surface area contributed by atoms with Crippen LogP contribution in [0.25, 0.3) is 0 Å². The summed E-state index contributed by atoms with van der Waals surface area (Å²) in [5, 5.41) is 0. The molecule has 0 N–H and O–H groups in total. The Morgan fingerprint density at radius 2 is 1.38 bits per heavy atom. The SMILES string of the molecule is C#CC.[C-]#CC.[Cu+].[Li+]. The van der Waals surface area contributed by atoms with E-state index in [1.807, 2.05) is 5.92 Å². The van der Waals surface area contributed by atoms with Crippen LogP contribution in [0.2, 0.25) is 0 Å². The van der Waals surface area contributed by atoms with E-state index in [2.05, 4.69) is 12.3 Å². The van der Waals surface area contributed by atoms with Gasteiger partial charge in [0.25, 0.3) is 0 Å². The monoisotopic (exact) mass is 149 g/mol. The zero-order chi connectivity index (χ0) is 5.41. The molecule has 2 heteroatoms. The first-order chi connectivity index (χ1) is 2.83. The van der Waals surface area contributed by atoms with Crippen molar-refractivity contribution in [3.63, 3.8) is 0 Å². The van der Waals surface area contributed by atoms with Gasteiger partial charge in [-0.15, -0.1) is 12.3 Å². The molecule has 0 aromatic rings. The van der Waals surface area contributed by atoms with Gasteiger partial charge in [0.1, 0.15) is 0 Å². The molecule has 0 bridgehead atoms. The third kappa shape index (κ3) is 3050. The van der Waals surface area contributed by atoms with Crippen molar-refractivity contribution in [2.24, 2.45) is 0 Å². The summed E-state index contributed by atoms with van der Waals surface area (Å²) in [6.07, 6.45) is 10.6. The standard InChI is InChI=1S/C3H4.C3H3.Cu.Li/c2*1-3-2;;/h1H,2H3;1H3;;/q;-1;2*+1. The summed E-state index contributed by atoms with van der Waals surface area (Å²) in [6, 6.07) is 0. The predicted molar refractivity (Wildman–Crippen MR) is 27.3 cm³/mol. The Morgan fingerprint density at radius 3 is 1.38 bits per heavy atom. The molecule has 0 aromatic heterocycles. The topological polar surface area (TPSA) is 0 Å². The summed E-state index contributed by atoms with van der Waals surface area (Å²) in [5.74, 6) is 4.25. The van der Waals surface area contributed by atoms with Crippen molar-refractivity contribution in [2.75, 3.05) is 0 Å². The number of terminal acetylenes is 1. The molecule has 0 fully saturated rings. The first-order valence-electron chi connectivity index (χ1n) is 1.54. The molecule has 0 saturated carbocycles. The second-order valence-electron chi connectivity index (χ2n) is 0.539. The van der Waals surface area contributed by atoms with Crippen molar-refractivity contribution >= 4 is 0 Å². The minimum absolute atomic E-state index is 0. The molecule has 0 aliphatic rings. The van der Waals surface area contributed by atoms with Crippen LogP contribution in [0, 0.1) is 24.7 Å². The van der Waals surface area contributed by atoms with Crippen molar-refractivity contribution in [3.8, 4) is 18.3 Å². The van der Waals surface area contributed by atoms with Gasteiger partial charge in [-0.05, 0) is 13.8 Å². The van der Waals surface area contributed by atoms with Crippen molar-refractivity contribution in [3.05, 3.63) is 6.42 Å². The van der Waals surface area contributed by atoms with Gasteiger partial charge in [-0.25, -0.2) is 0 Å². The van der Waals surface area contributed by atoms with Crippen LogP contribution in [-0.4, -0.2) is 0 Å². The Morgan fingerprint density at radius 1 is 1.38 bits per heavy atom. The van der Waals surface area contributed by atoms with Gasteiger partial charge in [-0.3, -0.25) is 0 Å². The van der Waals surface area contributed by atoms with E-state index in [-0.39, 0.29) is 35.9 Å². The summed E-state index contributed by atoms with van der Waals surface area (Å²) in [7, 11) is 0. The molecule has 0 radical (unpaired) electrons. The van der Waals surface area contributed by atoms with Crippen LogP contribution < -0.4 is 18.9 Å². The largest absolute Gasteiger partial charge is 1.00 e. The normalized spacial score (nSPS) is 2.00. The number of hydrogen-bond acceptors (Lipinski definition) is 0. The van der Waals surface area contributed by atoms with E-state index >= 15 is 0 Å². The third-order valence-corrected chi connectivity index (χ3v) is 0. The van der Waals surface area contributed by atoms with Gasteiger partial charge in [-0.1, -0.05) is 0 Å². The first-order valence-corrected chi connectivity index (χ1v) is 1.54. The van der Waals surface area contributed by atoms with Crippen LogP contribution in [0.5, 0.6) is 0 Å². The molecule has 0 saturated heterocycles. The summed E-state index contributed by atoms with van der Waals surface area (Å²) >= 11 is 0. The maximum absolute atomic E-state index is 5.96. The Hall–Kier alpha value is 0.237. The van der Waals surface area contributed by atoms with E-state index in [1.54, 1.807) is 13.8 Å². The molecule has 0 atom stereocenters. The van der Waals surface area contributed by atoms with Crippen LogP contribution in [0.4, 0.5) is 0 Å². The maximum atomic E-state index is 5.96.